The molecule has 106 valence electrons. The van der Waals surface area contributed by atoms with E-state index in [0.717, 1.165) is 10.6 Å². The maximum atomic E-state index is 12.5. The number of rotatable bonds is 1. The lowest BCUT2D eigenvalue weighted by molar-refractivity contribution is -0.384. The second kappa shape index (κ2) is 4.04. The van der Waals surface area contributed by atoms with E-state index in [1.807, 2.05) is 0 Å². The number of pyridine rings is 1. The molecule has 1 aliphatic rings. The maximum Gasteiger partial charge on any atom is 0.284 e. The summed E-state index contributed by atoms with van der Waals surface area (Å²) in [4.78, 5) is 43.3. The highest BCUT2D eigenvalue weighted by Gasteiger charge is 2.32. The fourth-order valence-electron chi connectivity index (χ4n) is 2.53. The molecule has 0 saturated carbocycles. The second-order valence-electron chi connectivity index (χ2n) is 4.73. The van der Waals surface area contributed by atoms with Crippen LogP contribution in [0.2, 0.25) is 0 Å². The van der Waals surface area contributed by atoms with E-state index in [9.17, 15) is 19.7 Å². The number of hydrogen-bond acceptors (Lipinski definition) is 6. The smallest absolute Gasteiger partial charge is 0.284 e. The van der Waals surface area contributed by atoms with Crippen molar-refractivity contribution in [2.75, 3.05) is 0 Å². The van der Waals surface area contributed by atoms with Gasteiger partial charge in [0.2, 0.25) is 5.78 Å². The molecule has 3 heterocycles. The summed E-state index contributed by atoms with van der Waals surface area (Å²) in [6.07, 6.45) is 1.46. The van der Waals surface area contributed by atoms with E-state index in [2.05, 4.69) is 9.97 Å². The SMILES string of the molecule is O=C1c2cc([N+](=O)[O-])ccc2-n2c1nc1cccnc1c2=O. The average Bonchev–Trinajstić information content (AvgIpc) is 2.80. The Kier molecular flexibility index (Phi) is 2.27. The van der Waals surface area contributed by atoms with E-state index < -0.39 is 16.3 Å². The van der Waals surface area contributed by atoms with Crippen LogP contribution in [0.15, 0.2) is 41.3 Å². The van der Waals surface area contributed by atoms with E-state index in [0.29, 0.717) is 5.52 Å². The molecule has 0 saturated heterocycles. The lowest BCUT2D eigenvalue weighted by Gasteiger charge is -2.04. The first-order chi connectivity index (χ1) is 10.6. The van der Waals surface area contributed by atoms with E-state index in [1.54, 1.807) is 12.1 Å². The molecule has 0 bridgehead atoms. The van der Waals surface area contributed by atoms with Gasteiger partial charge in [-0.2, -0.15) is 0 Å². The minimum absolute atomic E-state index is 0.0546. The first kappa shape index (κ1) is 12.3. The molecular formula is C14H6N4O4. The third-order valence-electron chi connectivity index (χ3n) is 3.51. The summed E-state index contributed by atoms with van der Waals surface area (Å²) in [7, 11) is 0. The second-order valence-corrected chi connectivity index (χ2v) is 4.73. The van der Waals surface area contributed by atoms with E-state index in [-0.39, 0.29) is 28.3 Å². The molecule has 0 atom stereocenters. The zero-order valence-electron chi connectivity index (χ0n) is 10.9. The molecule has 0 N–H and O–H groups in total. The Hall–Kier alpha value is -3.42. The number of benzene rings is 1. The third-order valence-corrected chi connectivity index (χ3v) is 3.51. The Morgan fingerprint density at radius 2 is 2.00 bits per heavy atom. The first-order valence-electron chi connectivity index (χ1n) is 6.29. The van der Waals surface area contributed by atoms with Crippen LogP contribution in [0.5, 0.6) is 0 Å². The normalized spacial score (nSPS) is 12.3. The average molecular weight is 294 g/mol. The van der Waals surface area contributed by atoms with Crippen molar-refractivity contribution in [2.45, 2.75) is 0 Å². The van der Waals surface area contributed by atoms with E-state index >= 15 is 0 Å². The van der Waals surface area contributed by atoms with Gasteiger partial charge in [-0.3, -0.25) is 24.3 Å². The highest BCUT2D eigenvalue weighted by Crippen LogP contribution is 2.29. The number of aromatic nitrogens is 3. The number of fused-ring (bicyclic) bond motifs is 4. The summed E-state index contributed by atoms with van der Waals surface area (Å²) in [5, 5.41) is 10.8. The zero-order valence-corrected chi connectivity index (χ0v) is 10.9. The van der Waals surface area contributed by atoms with Crippen LogP contribution in [0.25, 0.3) is 16.7 Å². The largest absolute Gasteiger partial charge is 0.285 e. The van der Waals surface area contributed by atoms with Gasteiger partial charge < -0.3 is 0 Å². The molecule has 4 rings (SSSR count). The van der Waals surface area contributed by atoms with Gasteiger partial charge in [0.05, 0.1) is 21.7 Å². The van der Waals surface area contributed by atoms with Crippen LogP contribution in [-0.2, 0) is 0 Å². The molecule has 8 nitrogen and oxygen atoms in total. The van der Waals surface area contributed by atoms with Crippen molar-refractivity contribution in [3.05, 3.63) is 68.4 Å². The number of nitro benzene ring substituents is 1. The van der Waals surface area contributed by atoms with Gasteiger partial charge in [0.15, 0.2) is 11.3 Å². The Morgan fingerprint density at radius 3 is 2.77 bits per heavy atom. The van der Waals surface area contributed by atoms with Gasteiger partial charge in [0.25, 0.3) is 11.2 Å². The topological polar surface area (TPSA) is 108 Å². The Morgan fingerprint density at radius 1 is 1.18 bits per heavy atom. The molecule has 0 unspecified atom stereocenters. The summed E-state index contributed by atoms with van der Waals surface area (Å²) in [6.45, 7) is 0. The fourth-order valence-corrected chi connectivity index (χ4v) is 2.53. The Bertz CT molecular complexity index is 1050. The third kappa shape index (κ3) is 1.46. The molecule has 0 radical (unpaired) electrons. The van der Waals surface area contributed by atoms with Crippen molar-refractivity contribution in [3.63, 3.8) is 0 Å². The van der Waals surface area contributed by atoms with Gasteiger partial charge in [-0.25, -0.2) is 9.97 Å². The number of carbonyl (C=O) groups excluding carboxylic acids is 1. The summed E-state index contributed by atoms with van der Waals surface area (Å²) in [5.74, 6) is -0.567. The van der Waals surface area contributed by atoms with Crippen LogP contribution < -0.4 is 5.56 Å². The molecule has 2 aromatic heterocycles. The van der Waals surface area contributed by atoms with Crippen molar-refractivity contribution in [1.82, 2.24) is 14.5 Å². The van der Waals surface area contributed by atoms with Crippen LogP contribution in [0.3, 0.4) is 0 Å². The van der Waals surface area contributed by atoms with E-state index in [1.165, 1.54) is 18.3 Å². The van der Waals surface area contributed by atoms with Gasteiger partial charge in [0.1, 0.15) is 0 Å². The zero-order chi connectivity index (χ0) is 15.4. The van der Waals surface area contributed by atoms with Gasteiger partial charge in [-0.15, -0.1) is 0 Å². The van der Waals surface area contributed by atoms with Crippen LogP contribution >= 0.6 is 0 Å². The van der Waals surface area contributed by atoms with Gasteiger partial charge in [-0.1, -0.05) is 0 Å². The molecule has 3 aromatic rings. The van der Waals surface area contributed by atoms with Crippen LogP contribution in [-0.4, -0.2) is 25.2 Å². The summed E-state index contributed by atoms with van der Waals surface area (Å²) < 4.78 is 1.15. The molecule has 0 spiro atoms. The standard InChI is InChI=1S/C14H6N4O4/c19-12-8-6-7(18(21)22)3-4-10(8)17-13(12)16-9-2-1-5-15-11(9)14(17)20/h1-6H. The number of carbonyl (C=O) groups is 1. The molecule has 1 aliphatic heterocycles. The first-order valence-corrected chi connectivity index (χ1v) is 6.29. The molecule has 0 amide bonds. The van der Waals surface area contributed by atoms with Crippen LogP contribution in [0.1, 0.15) is 16.2 Å². The minimum atomic E-state index is -0.592. The van der Waals surface area contributed by atoms with Crippen molar-refractivity contribution in [2.24, 2.45) is 0 Å². The predicted molar refractivity (Wildman–Crippen MR) is 75.2 cm³/mol. The Labute approximate surface area is 121 Å². The summed E-state index contributed by atoms with van der Waals surface area (Å²) in [6, 6.07) is 6.98. The molecule has 8 heteroatoms. The van der Waals surface area contributed by atoms with Crippen molar-refractivity contribution >= 4 is 22.5 Å². The molecular weight excluding hydrogens is 288 g/mol. The minimum Gasteiger partial charge on any atom is -0.285 e. The number of nitro groups is 1. The fraction of sp³-hybridized carbons (Fsp3) is 0. The predicted octanol–water partition coefficient (Wildman–Crippen LogP) is 1.23. The molecule has 1 aromatic carbocycles. The van der Waals surface area contributed by atoms with Crippen LogP contribution in [0.4, 0.5) is 5.69 Å². The summed E-state index contributed by atoms with van der Waals surface area (Å²) >= 11 is 0. The van der Waals surface area contributed by atoms with Crippen molar-refractivity contribution in [1.29, 1.82) is 0 Å². The number of ketones is 1. The lowest BCUT2D eigenvalue weighted by Crippen LogP contribution is -2.22. The lowest BCUT2D eigenvalue weighted by atomic mass is 10.1. The highest BCUT2D eigenvalue weighted by atomic mass is 16.6. The number of non-ortho nitro benzene ring substituents is 1. The van der Waals surface area contributed by atoms with Gasteiger partial charge in [0, 0.05) is 18.3 Å². The Balaban J connectivity index is 2.10. The quantitative estimate of drug-likeness (QED) is 0.386. The van der Waals surface area contributed by atoms with Crippen molar-refractivity contribution < 1.29 is 9.72 Å². The number of hydrogen-bond donors (Lipinski definition) is 0. The maximum absolute atomic E-state index is 12.5. The molecule has 22 heavy (non-hydrogen) atoms. The molecule has 0 fully saturated rings. The van der Waals surface area contributed by atoms with E-state index in [4.69, 9.17) is 0 Å². The number of nitrogens with zero attached hydrogens (tertiary/aromatic N) is 4. The summed E-state index contributed by atoms with van der Waals surface area (Å²) in [5.41, 5.74) is 0.154. The van der Waals surface area contributed by atoms with Gasteiger partial charge in [-0.05, 0) is 18.2 Å². The van der Waals surface area contributed by atoms with Crippen molar-refractivity contribution in [3.8, 4) is 5.69 Å². The van der Waals surface area contributed by atoms with Crippen LogP contribution in [0, 0.1) is 10.1 Å². The highest BCUT2D eigenvalue weighted by molar-refractivity contribution is 6.13. The monoisotopic (exact) mass is 294 g/mol. The molecule has 0 aliphatic carbocycles. The van der Waals surface area contributed by atoms with Gasteiger partial charge >= 0.3 is 0 Å².